The second-order valence-electron chi connectivity index (χ2n) is 7.04. The van der Waals surface area contributed by atoms with Gasteiger partial charge in [-0.05, 0) is 37.6 Å². The summed E-state index contributed by atoms with van der Waals surface area (Å²) in [6.07, 6.45) is 1.14. The van der Waals surface area contributed by atoms with Gasteiger partial charge in [0.25, 0.3) is 0 Å². The van der Waals surface area contributed by atoms with Crippen LogP contribution in [0, 0.1) is 19.7 Å². The molecule has 0 saturated carbocycles. The summed E-state index contributed by atoms with van der Waals surface area (Å²) in [5, 5.41) is 12.5. The van der Waals surface area contributed by atoms with E-state index in [1.54, 1.807) is 6.07 Å². The van der Waals surface area contributed by atoms with Gasteiger partial charge in [-0.25, -0.2) is 9.18 Å². The van der Waals surface area contributed by atoms with Gasteiger partial charge < -0.3 is 24.7 Å². The van der Waals surface area contributed by atoms with Gasteiger partial charge in [-0.2, -0.15) is 0 Å². The number of carboxylic acid groups (broad SMARTS) is 1. The molecule has 1 atom stereocenters. The molecule has 3 N–H and O–H groups in total. The maximum atomic E-state index is 14.8. The Bertz CT molecular complexity index is 1130. The number of piperazine rings is 1. The molecular formula is C20H20FN3O4. The number of carboxylic acids is 1. The molecule has 0 amide bonds. The van der Waals surface area contributed by atoms with E-state index in [4.69, 9.17) is 9.52 Å². The zero-order valence-corrected chi connectivity index (χ0v) is 15.5. The number of nitrogens with one attached hydrogen (secondary N) is 2. The summed E-state index contributed by atoms with van der Waals surface area (Å²) in [5.74, 6) is -0.242. The van der Waals surface area contributed by atoms with Crippen LogP contribution < -0.4 is 15.6 Å². The Kier molecular flexibility index (Phi) is 4.43. The molecule has 146 valence electrons. The van der Waals surface area contributed by atoms with E-state index in [1.807, 2.05) is 24.8 Å². The molecule has 0 aliphatic carbocycles. The standard InChI is InChI=1S/C20H20FN3O4/c1-10-5-11(2)28-19(10)16-9-24(4-3-22-16)17-7-15-12(6-14(17)21)18(25)13(8-23-15)20(26)27/h5-8,16,22H,3-4,9H2,1-2H3,(H,23,25)(H,26,27). The van der Waals surface area contributed by atoms with E-state index in [0.717, 1.165) is 29.3 Å². The number of aryl methyl sites for hydroxylation is 2. The molecular weight excluding hydrogens is 365 g/mol. The smallest absolute Gasteiger partial charge is 0.341 e. The number of aromatic amines is 1. The van der Waals surface area contributed by atoms with E-state index in [2.05, 4.69) is 10.3 Å². The number of benzene rings is 1. The van der Waals surface area contributed by atoms with Crippen molar-refractivity contribution < 1.29 is 18.7 Å². The van der Waals surface area contributed by atoms with Gasteiger partial charge in [-0.1, -0.05) is 0 Å². The molecule has 1 aliphatic heterocycles. The van der Waals surface area contributed by atoms with E-state index in [0.29, 0.717) is 30.8 Å². The normalized spacial score (nSPS) is 17.2. The molecule has 1 aliphatic rings. The Morgan fingerprint density at radius 2 is 2.11 bits per heavy atom. The predicted molar refractivity (Wildman–Crippen MR) is 103 cm³/mol. The van der Waals surface area contributed by atoms with E-state index >= 15 is 0 Å². The second-order valence-corrected chi connectivity index (χ2v) is 7.04. The Balaban J connectivity index is 1.71. The zero-order valence-electron chi connectivity index (χ0n) is 15.5. The van der Waals surface area contributed by atoms with Crippen molar-refractivity contribution in [3.05, 3.63) is 63.1 Å². The minimum atomic E-state index is -1.35. The Morgan fingerprint density at radius 1 is 1.32 bits per heavy atom. The number of hydrogen-bond acceptors (Lipinski definition) is 5. The molecule has 0 spiro atoms. The minimum Gasteiger partial charge on any atom is -0.477 e. The first-order valence-electron chi connectivity index (χ1n) is 8.98. The number of aromatic carboxylic acids is 1. The topological polar surface area (TPSA) is 98.6 Å². The van der Waals surface area contributed by atoms with Gasteiger partial charge in [-0.15, -0.1) is 0 Å². The fraction of sp³-hybridized carbons (Fsp3) is 0.300. The van der Waals surface area contributed by atoms with Crippen LogP contribution >= 0.6 is 0 Å². The summed E-state index contributed by atoms with van der Waals surface area (Å²) in [4.78, 5) is 28.1. The highest BCUT2D eigenvalue weighted by molar-refractivity contribution is 5.93. The highest BCUT2D eigenvalue weighted by atomic mass is 19.1. The molecule has 3 aromatic rings. The molecule has 1 saturated heterocycles. The number of carbonyl (C=O) groups is 1. The van der Waals surface area contributed by atoms with Gasteiger partial charge in [-0.3, -0.25) is 4.79 Å². The first-order chi connectivity index (χ1) is 13.3. The zero-order chi connectivity index (χ0) is 20.0. The largest absolute Gasteiger partial charge is 0.477 e. The third kappa shape index (κ3) is 3.05. The quantitative estimate of drug-likeness (QED) is 0.641. The third-order valence-electron chi connectivity index (χ3n) is 5.09. The number of aromatic nitrogens is 1. The summed E-state index contributed by atoms with van der Waals surface area (Å²) in [5.41, 5.74) is 0.684. The number of pyridine rings is 1. The second kappa shape index (κ2) is 6.79. The lowest BCUT2D eigenvalue weighted by Crippen LogP contribution is -2.46. The number of anilines is 1. The minimum absolute atomic E-state index is 0.0188. The summed E-state index contributed by atoms with van der Waals surface area (Å²) >= 11 is 0. The van der Waals surface area contributed by atoms with Gasteiger partial charge in [0.2, 0.25) is 5.43 Å². The van der Waals surface area contributed by atoms with E-state index < -0.39 is 22.8 Å². The maximum Gasteiger partial charge on any atom is 0.341 e. The SMILES string of the molecule is Cc1cc(C)c(C2CN(c3cc4[nH]cc(C(=O)O)c(=O)c4cc3F)CCN2)o1. The first kappa shape index (κ1) is 18.2. The van der Waals surface area contributed by atoms with Crippen LogP contribution in [0.1, 0.15) is 33.5 Å². The van der Waals surface area contributed by atoms with Crippen LogP contribution in [0.5, 0.6) is 0 Å². The summed E-state index contributed by atoms with van der Waals surface area (Å²) in [7, 11) is 0. The Hall–Kier alpha value is -3.13. The van der Waals surface area contributed by atoms with Gasteiger partial charge in [0, 0.05) is 31.2 Å². The molecule has 1 aromatic carbocycles. The molecule has 28 heavy (non-hydrogen) atoms. The lowest BCUT2D eigenvalue weighted by atomic mass is 10.1. The summed E-state index contributed by atoms with van der Waals surface area (Å²) in [6, 6.07) is 4.55. The van der Waals surface area contributed by atoms with E-state index in [1.165, 1.54) is 0 Å². The Morgan fingerprint density at radius 3 is 2.79 bits per heavy atom. The average molecular weight is 385 g/mol. The van der Waals surface area contributed by atoms with Crippen molar-refractivity contribution in [2.75, 3.05) is 24.5 Å². The molecule has 8 heteroatoms. The predicted octanol–water partition coefficient (Wildman–Crippen LogP) is 2.73. The molecule has 2 aromatic heterocycles. The lowest BCUT2D eigenvalue weighted by molar-refractivity contribution is 0.0695. The molecule has 1 fully saturated rings. The number of H-pyrrole nitrogens is 1. The van der Waals surface area contributed by atoms with Crippen LogP contribution in [-0.2, 0) is 0 Å². The van der Waals surface area contributed by atoms with Crippen molar-refractivity contribution in [3.8, 4) is 0 Å². The molecule has 0 radical (unpaired) electrons. The number of halogens is 1. The fourth-order valence-corrected chi connectivity index (χ4v) is 3.78. The Labute approximate surface area is 159 Å². The third-order valence-corrected chi connectivity index (χ3v) is 5.09. The number of nitrogens with zero attached hydrogens (tertiary/aromatic N) is 1. The average Bonchev–Trinajstić information content (AvgIpc) is 3.00. The van der Waals surface area contributed by atoms with Crippen molar-refractivity contribution >= 4 is 22.6 Å². The van der Waals surface area contributed by atoms with E-state index in [-0.39, 0.29) is 11.4 Å². The lowest BCUT2D eigenvalue weighted by Gasteiger charge is -2.35. The molecule has 7 nitrogen and oxygen atoms in total. The van der Waals surface area contributed by atoms with Crippen LogP contribution in [0.2, 0.25) is 0 Å². The number of furan rings is 1. The molecule has 0 bridgehead atoms. The van der Waals surface area contributed by atoms with Crippen LogP contribution in [0.25, 0.3) is 10.9 Å². The van der Waals surface area contributed by atoms with Crippen molar-refractivity contribution in [3.63, 3.8) is 0 Å². The first-order valence-corrected chi connectivity index (χ1v) is 8.98. The van der Waals surface area contributed by atoms with Crippen molar-refractivity contribution in [2.45, 2.75) is 19.9 Å². The van der Waals surface area contributed by atoms with Crippen LogP contribution in [-0.4, -0.2) is 35.7 Å². The number of fused-ring (bicyclic) bond motifs is 1. The van der Waals surface area contributed by atoms with Crippen LogP contribution in [0.3, 0.4) is 0 Å². The monoisotopic (exact) mass is 385 g/mol. The van der Waals surface area contributed by atoms with E-state index in [9.17, 15) is 14.0 Å². The molecule has 1 unspecified atom stereocenters. The van der Waals surface area contributed by atoms with Gasteiger partial charge in [0.05, 0.1) is 17.2 Å². The van der Waals surface area contributed by atoms with Gasteiger partial charge in [0.1, 0.15) is 22.9 Å². The van der Waals surface area contributed by atoms with Crippen molar-refractivity contribution in [1.82, 2.24) is 10.3 Å². The molecule has 4 rings (SSSR count). The summed E-state index contributed by atoms with van der Waals surface area (Å²) in [6.45, 7) is 5.62. The van der Waals surface area contributed by atoms with Crippen LogP contribution in [0.15, 0.2) is 33.6 Å². The summed E-state index contributed by atoms with van der Waals surface area (Å²) < 4.78 is 20.6. The van der Waals surface area contributed by atoms with Gasteiger partial charge in [0.15, 0.2) is 0 Å². The number of rotatable bonds is 3. The highest BCUT2D eigenvalue weighted by Gasteiger charge is 2.27. The van der Waals surface area contributed by atoms with Crippen LogP contribution in [0.4, 0.5) is 10.1 Å². The highest BCUT2D eigenvalue weighted by Crippen LogP contribution is 2.29. The van der Waals surface area contributed by atoms with Gasteiger partial charge >= 0.3 is 5.97 Å². The van der Waals surface area contributed by atoms with Crippen molar-refractivity contribution in [2.24, 2.45) is 0 Å². The fourth-order valence-electron chi connectivity index (χ4n) is 3.78. The van der Waals surface area contributed by atoms with Crippen molar-refractivity contribution in [1.29, 1.82) is 0 Å². The maximum absolute atomic E-state index is 14.8. The molecule has 3 heterocycles. The number of hydrogen-bond donors (Lipinski definition) is 3.